The molecule has 0 saturated carbocycles. The molecule has 0 atom stereocenters. The smallest absolute Gasteiger partial charge is 0.284 e. The highest BCUT2D eigenvalue weighted by molar-refractivity contribution is 7.71. The minimum Gasteiger partial charge on any atom is -0.408 e. The van der Waals surface area contributed by atoms with E-state index in [1.807, 2.05) is 16.9 Å². The van der Waals surface area contributed by atoms with Crippen LogP contribution < -0.4 is 0 Å². The molecule has 0 fully saturated rings. The predicted octanol–water partition coefficient (Wildman–Crippen LogP) is 2.25. The van der Waals surface area contributed by atoms with E-state index in [0.29, 0.717) is 17.5 Å². The topological polar surface area (TPSA) is 59.6 Å². The van der Waals surface area contributed by atoms with Gasteiger partial charge in [-0.25, -0.2) is 5.10 Å². The number of nitrogens with zero attached hydrogens (tertiary/aromatic N) is 3. The molecule has 2 aromatic heterocycles. The lowest BCUT2D eigenvalue weighted by Gasteiger charge is -2.03. The summed E-state index contributed by atoms with van der Waals surface area (Å²) in [6.45, 7) is 5.16. The number of H-pyrrole nitrogens is 1. The first-order valence-corrected chi connectivity index (χ1v) is 5.15. The van der Waals surface area contributed by atoms with E-state index in [-0.39, 0.29) is 4.84 Å². The summed E-state index contributed by atoms with van der Waals surface area (Å²) in [5.41, 5.74) is 0.697. The first-order chi connectivity index (χ1) is 7.15. The summed E-state index contributed by atoms with van der Waals surface area (Å²) in [5, 5.41) is 10.8. The summed E-state index contributed by atoms with van der Waals surface area (Å²) in [7, 11) is 0. The van der Waals surface area contributed by atoms with Gasteiger partial charge in [0, 0.05) is 12.7 Å². The van der Waals surface area contributed by atoms with Crippen LogP contribution in [0.1, 0.15) is 13.8 Å². The van der Waals surface area contributed by atoms with Crippen LogP contribution in [0.15, 0.2) is 16.7 Å². The fraction of sp³-hybridized carbons (Fsp3) is 0.444. The van der Waals surface area contributed by atoms with Crippen molar-refractivity contribution in [1.82, 2.24) is 20.0 Å². The largest absolute Gasteiger partial charge is 0.408 e. The van der Waals surface area contributed by atoms with Crippen molar-refractivity contribution in [3.8, 4) is 11.6 Å². The van der Waals surface area contributed by atoms with Crippen molar-refractivity contribution in [1.29, 1.82) is 0 Å². The Morgan fingerprint density at radius 2 is 2.40 bits per heavy atom. The van der Waals surface area contributed by atoms with Gasteiger partial charge in [0.25, 0.3) is 10.7 Å². The first-order valence-electron chi connectivity index (χ1n) is 4.74. The van der Waals surface area contributed by atoms with Crippen LogP contribution >= 0.6 is 12.2 Å². The van der Waals surface area contributed by atoms with Gasteiger partial charge in [0.05, 0.1) is 0 Å². The number of rotatable bonds is 3. The SMILES string of the molecule is CC(C)Cn1ccc(-c2n[nH]c(=S)o2)n1. The highest BCUT2D eigenvalue weighted by atomic mass is 32.1. The summed E-state index contributed by atoms with van der Waals surface area (Å²) in [5.74, 6) is 0.992. The molecule has 0 aromatic carbocycles. The van der Waals surface area contributed by atoms with Crippen LogP contribution in [0.5, 0.6) is 0 Å². The Hall–Kier alpha value is -1.43. The van der Waals surface area contributed by atoms with Gasteiger partial charge in [-0.15, -0.1) is 5.10 Å². The average Bonchev–Trinajstić information content (AvgIpc) is 2.72. The number of aromatic amines is 1. The predicted molar refractivity (Wildman–Crippen MR) is 57.7 cm³/mol. The average molecular weight is 224 g/mol. The van der Waals surface area contributed by atoms with Crippen molar-refractivity contribution in [3.05, 3.63) is 17.1 Å². The Morgan fingerprint density at radius 3 is 3.00 bits per heavy atom. The Balaban J connectivity index is 2.23. The molecule has 80 valence electrons. The van der Waals surface area contributed by atoms with Crippen LogP contribution in [0, 0.1) is 10.8 Å². The number of aromatic nitrogens is 4. The summed E-state index contributed by atoms with van der Waals surface area (Å²) in [6.07, 6.45) is 1.91. The van der Waals surface area contributed by atoms with Crippen molar-refractivity contribution in [2.45, 2.75) is 20.4 Å². The van der Waals surface area contributed by atoms with Gasteiger partial charge in [-0.2, -0.15) is 5.10 Å². The van der Waals surface area contributed by atoms with Crippen LogP contribution in [0.4, 0.5) is 0 Å². The second-order valence-corrected chi connectivity index (χ2v) is 4.11. The molecule has 0 unspecified atom stereocenters. The zero-order valence-electron chi connectivity index (χ0n) is 8.60. The van der Waals surface area contributed by atoms with E-state index in [0.717, 1.165) is 6.54 Å². The van der Waals surface area contributed by atoms with Gasteiger partial charge in [-0.1, -0.05) is 13.8 Å². The van der Waals surface area contributed by atoms with Crippen molar-refractivity contribution in [2.24, 2.45) is 5.92 Å². The third-order valence-corrected chi connectivity index (χ3v) is 2.02. The van der Waals surface area contributed by atoms with Gasteiger partial charge in [0.2, 0.25) is 0 Å². The van der Waals surface area contributed by atoms with E-state index in [1.54, 1.807) is 0 Å². The number of hydrogen-bond donors (Lipinski definition) is 1. The van der Waals surface area contributed by atoms with Crippen molar-refractivity contribution >= 4 is 12.2 Å². The summed E-state index contributed by atoms with van der Waals surface area (Å²) in [6, 6.07) is 1.86. The second kappa shape index (κ2) is 3.98. The van der Waals surface area contributed by atoms with E-state index in [9.17, 15) is 0 Å². The third kappa shape index (κ3) is 2.33. The van der Waals surface area contributed by atoms with Crippen LogP contribution in [-0.4, -0.2) is 20.0 Å². The van der Waals surface area contributed by atoms with Crippen LogP contribution in [-0.2, 0) is 6.54 Å². The Bertz CT molecular complexity index is 496. The zero-order chi connectivity index (χ0) is 10.8. The highest BCUT2D eigenvalue weighted by Gasteiger charge is 2.08. The number of nitrogens with one attached hydrogen (secondary N) is 1. The fourth-order valence-electron chi connectivity index (χ4n) is 1.29. The third-order valence-electron chi connectivity index (χ3n) is 1.85. The molecule has 0 aliphatic carbocycles. The number of hydrogen-bond acceptors (Lipinski definition) is 4. The summed E-state index contributed by atoms with van der Waals surface area (Å²) < 4.78 is 7.03. The van der Waals surface area contributed by atoms with Crippen LogP contribution in [0.25, 0.3) is 11.6 Å². The molecule has 5 nitrogen and oxygen atoms in total. The van der Waals surface area contributed by atoms with E-state index in [1.165, 1.54) is 0 Å². The molecule has 6 heteroatoms. The van der Waals surface area contributed by atoms with Gasteiger partial charge in [-0.3, -0.25) is 4.68 Å². The molecule has 1 N–H and O–H groups in total. The molecule has 15 heavy (non-hydrogen) atoms. The van der Waals surface area contributed by atoms with Crippen molar-refractivity contribution < 1.29 is 4.42 Å². The van der Waals surface area contributed by atoms with E-state index in [2.05, 4.69) is 29.1 Å². The van der Waals surface area contributed by atoms with Gasteiger partial charge < -0.3 is 4.42 Å². The van der Waals surface area contributed by atoms with E-state index >= 15 is 0 Å². The van der Waals surface area contributed by atoms with Crippen LogP contribution in [0.3, 0.4) is 0 Å². The molecule has 2 aromatic rings. The summed E-state index contributed by atoms with van der Waals surface area (Å²) >= 11 is 4.79. The molecule has 0 bridgehead atoms. The van der Waals surface area contributed by atoms with E-state index < -0.39 is 0 Å². The lowest BCUT2D eigenvalue weighted by Crippen LogP contribution is -2.04. The lowest BCUT2D eigenvalue weighted by atomic mass is 10.2. The molecule has 2 heterocycles. The molecule has 0 saturated heterocycles. The Kier molecular flexibility index (Phi) is 2.68. The standard InChI is InChI=1S/C9H12N4OS/c1-6(2)5-13-4-3-7(12-13)8-10-11-9(15)14-8/h3-4,6H,5H2,1-2H3,(H,11,15). The molecule has 0 aliphatic heterocycles. The highest BCUT2D eigenvalue weighted by Crippen LogP contribution is 2.13. The Labute approximate surface area is 92.1 Å². The molecule has 2 rings (SSSR count). The van der Waals surface area contributed by atoms with Crippen molar-refractivity contribution in [3.63, 3.8) is 0 Å². The molecule has 0 spiro atoms. The van der Waals surface area contributed by atoms with E-state index in [4.69, 9.17) is 16.6 Å². The minimum atomic E-state index is 0.267. The van der Waals surface area contributed by atoms with Gasteiger partial charge in [0.15, 0.2) is 0 Å². The molecule has 0 radical (unpaired) electrons. The Morgan fingerprint density at radius 1 is 1.60 bits per heavy atom. The lowest BCUT2D eigenvalue weighted by molar-refractivity contribution is 0.481. The molecular weight excluding hydrogens is 212 g/mol. The fourth-order valence-corrected chi connectivity index (χ4v) is 1.42. The van der Waals surface area contributed by atoms with Gasteiger partial charge >= 0.3 is 0 Å². The van der Waals surface area contributed by atoms with Gasteiger partial charge in [0.1, 0.15) is 5.69 Å². The monoisotopic (exact) mass is 224 g/mol. The summed E-state index contributed by atoms with van der Waals surface area (Å²) in [4.78, 5) is 0.267. The molecular formula is C9H12N4OS. The maximum atomic E-state index is 5.16. The van der Waals surface area contributed by atoms with Gasteiger partial charge in [-0.05, 0) is 24.2 Å². The van der Waals surface area contributed by atoms with Crippen molar-refractivity contribution in [2.75, 3.05) is 0 Å². The van der Waals surface area contributed by atoms with Crippen LogP contribution in [0.2, 0.25) is 0 Å². The molecule has 0 aliphatic rings. The quantitative estimate of drug-likeness (QED) is 0.812. The zero-order valence-corrected chi connectivity index (χ0v) is 9.41. The molecule has 0 amide bonds. The second-order valence-electron chi connectivity index (χ2n) is 3.74. The minimum absolute atomic E-state index is 0.267. The normalized spacial score (nSPS) is 11.1. The maximum Gasteiger partial charge on any atom is 0.284 e. The maximum absolute atomic E-state index is 5.16. The first kappa shape index (κ1) is 10.1.